The van der Waals surface area contributed by atoms with E-state index < -0.39 is 5.54 Å². The number of hydrogen-bond acceptors (Lipinski definition) is 4. The number of benzene rings is 1. The molecule has 1 fully saturated rings. The zero-order valence-electron chi connectivity index (χ0n) is 15.7. The standard InChI is InChI=1S/C19H28N4O3/c1-19(2)17(25)23(18(26)21-19)14-7-11-16(24)20-12-8-13-22(3)15-9-5-4-6-10-15/h4-6,9-10H,7-8,11-14H2,1-3H3,(H,20,24)(H,21,26). The molecule has 2 N–H and O–H groups in total. The van der Waals surface area contributed by atoms with Gasteiger partial charge in [-0.15, -0.1) is 0 Å². The lowest BCUT2D eigenvalue weighted by Crippen LogP contribution is -2.40. The van der Waals surface area contributed by atoms with Crippen molar-refractivity contribution in [3.05, 3.63) is 30.3 Å². The Labute approximate surface area is 154 Å². The van der Waals surface area contributed by atoms with E-state index in [9.17, 15) is 14.4 Å². The van der Waals surface area contributed by atoms with Crippen LogP contribution in [0, 0.1) is 0 Å². The molecular formula is C19H28N4O3. The first-order chi connectivity index (χ1) is 12.3. The average Bonchev–Trinajstić information content (AvgIpc) is 2.80. The van der Waals surface area contributed by atoms with Crippen LogP contribution < -0.4 is 15.5 Å². The van der Waals surface area contributed by atoms with E-state index in [1.807, 2.05) is 25.2 Å². The average molecular weight is 360 g/mol. The summed E-state index contributed by atoms with van der Waals surface area (Å²) >= 11 is 0. The molecule has 7 heteroatoms. The van der Waals surface area contributed by atoms with Crippen LogP contribution in [0.25, 0.3) is 0 Å². The van der Waals surface area contributed by atoms with E-state index in [1.165, 1.54) is 4.90 Å². The minimum absolute atomic E-state index is 0.0568. The van der Waals surface area contributed by atoms with Crippen LogP contribution in [0.5, 0.6) is 0 Å². The minimum Gasteiger partial charge on any atom is -0.375 e. The van der Waals surface area contributed by atoms with Crippen molar-refractivity contribution in [2.24, 2.45) is 0 Å². The predicted octanol–water partition coefficient (Wildman–Crippen LogP) is 1.74. The van der Waals surface area contributed by atoms with E-state index >= 15 is 0 Å². The minimum atomic E-state index is -0.857. The number of carbonyl (C=O) groups excluding carboxylic acids is 3. The molecule has 0 saturated carbocycles. The van der Waals surface area contributed by atoms with Crippen molar-refractivity contribution in [2.45, 2.75) is 38.6 Å². The molecule has 1 aliphatic heterocycles. The maximum absolute atomic E-state index is 12.0. The van der Waals surface area contributed by atoms with Crippen LogP contribution in [0.3, 0.4) is 0 Å². The summed E-state index contributed by atoms with van der Waals surface area (Å²) in [4.78, 5) is 39.0. The monoisotopic (exact) mass is 360 g/mol. The Bertz CT molecular complexity index is 645. The fourth-order valence-electron chi connectivity index (χ4n) is 2.86. The van der Waals surface area contributed by atoms with Crippen LogP contribution in [0.4, 0.5) is 10.5 Å². The zero-order valence-corrected chi connectivity index (χ0v) is 15.7. The predicted molar refractivity (Wildman–Crippen MR) is 101 cm³/mol. The second kappa shape index (κ2) is 8.69. The van der Waals surface area contributed by atoms with Gasteiger partial charge < -0.3 is 15.5 Å². The first-order valence-electron chi connectivity index (χ1n) is 8.98. The molecule has 0 aromatic heterocycles. The van der Waals surface area contributed by atoms with Crippen LogP contribution in [0.15, 0.2) is 30.3 Å². The maximum atomic E-state index is 12.0. The molecule has 0 aliphatic carbocycles. The van der Waals surface area contributed by atoms with Crippen LogP contribution in [0.2, 0.25) is 0 Å². The Hall–Kier alpha value is -2.57. The molecule has 0 bridgehead atoms. The van der Waals surface area contributed by atoms with Gasteiger partial charge in [0, 0.05) is 38.8 Å². The van der Waals surface area contributed by atoms with Crippen LogP contribution in [-0.4, -0.2) is 55.0 Å². The molecule has 1 saturated heterocycles. The van der Waals surface area contributed by atoms with Crippen LogP contribution in [-0.2, 0) is 9.59 Å². The Kier molecular flexibility index (Phi) is 6.60. The van der Waals surface area contributed by atoms with Gasteiger partial charge in [0.1, 0.15) is 5.54 Å². The summed E-state index contributed by atoms with van der Waals surface area (Å²) in [7, 11) is 2.02. The first kappa shape index (κ1) is 19.8. The van der Waals surface area contributed by atoms with E-state index in [-0.39, 0.29) is 24.4 Å². The number of carbonyl (C=O) groups is 3. The molecule has 0 atom stereocenters. The Balaban J connectivity index is 1.60. The molecule has 0 radical (unpaired) electrons. The fourth-order valence-corrected chi connectivity index (χ4v) is 2.86. The van der Waals surface area contributed by atoms with Gasteiger partial charge in [-0.1, -0.05) is 18.2 Å². The molecule has 1 heterocycles. The Morgan fingerprint density at radius 3 is 2.50 bits per heavy atom. The number of nitrogens with zero attached hydrogens (tertiary/aromatic N) is 2. The summed E-state index contributed by atoms with van der Waals surface area (Å²) in [5.41, 5.74) is 0.291. The van der Waals surface area contributed by atoms with Crippen molar-refractivity contribution in [1.29, 1.82) is 0 Å². The lowest BCUT2D eigenvalue weighted by atomic mass is 10.1. The van der Waals surface area contributed by atoms with Crippen LogP contribution >= 0.6 is 0 Å². The van der Waals surface area contributed by atoms with Crippen molar-refractivity contribution < 1.29 is 14.4 Å². The number of para-hydroxylation sites is 1. The van der Waals surface area contributed by atoms with E-state index in [4.69, 9.17) is 0 Å². The fraction of sp³-hybridized carbons (Fsp3) is 0.526. The molecule has 26 heavy (non-hydrogen) atoms. The summed E-state index contributed by atoms with van der Waals surface area (Å²) in [5.74, 6) is -0.300. The third kappa shape index (κ3) is 5.21. The summed E-state index contributed by atoms with van der Waals surface area (Å²) < 4.78 is 0. The number of hydrogen-bond donors (Lipinski definition) is 2. The third-order valence-corrected chi connectivity index (χ3v) is 4.42. The van der Waals surface area contributed by atoms with E-state index in [0.717, 1.165) is 18.7 Å². The van der Waals surface area contributed by atoms with Gasteiger partial charge in [0.05, 0.1) is 0 Å². The summed E-state index contributed by atoms with van der Waals surface area (Å²) in [5, 5.41) is 5.51. The number of nitrogens with one attached hydrogen (secondary N) is 2. The Morgan fingerprint density at radius 2 is 1.88 bits per heavy atom. The van der Waals surface area contributed by atoms with Crippen molar-refractivity contribution in [3.63, 3.8) is 0 Å². The highest BCUT2D eigenvalue weighted by atomic mass is 16.2. The van der Waals surface area contributed by atoms with Crippen LogP contribution in [0.1, 0.15) is 33.1 Å². The van der Waals surface area contributed by atoms with Gasteiger partial charge in [0.15, 0.2) is 0 Å². The molecule has 0 unspecified atom stereocenters. The number of rotatable bonds is 9. The molecule has 1 aromatic carbocycles. The van der Waals surface area contributed by atoms with Gasteiger partial charge >= 0.3 is 6.03 Å². The van der Waals surface area contributed by atoms with Gasteiger partial charge in [0.2, 0.25) is 5.91 Å². The molecule has 142 valence electrons. The normalized spacial score (nSPS) is 15.7. The van der Waals surface area contributed by atoms with Crippen molar-refractivity contribution in [3.8, 4) is 0 Å². The highest BCUT2D eigenvalue weighted by Crippen LogP contribution is 2.17. The quantitative estimate of drug-likeness (QED) is 0.519. The van der Waals surface area contributed by atoms with E-state index in [0.29, 0.717) is 19.4 Å². The van der Waals surface area contributed by atoms with Gasteiger partial charge in [-0.05, 0) is 38.8 Å². The smallest absolute Gasteiger partial charge is 0.325 e. The first-order valence-corrected chi connectivity index (χ1v) is 8.98. The second-order valence-electron chi connectivity index (χ2n) is 7.08. The second-order valence-corrected chi connectivity index (χ2v) is 7.08. The molecule has 0 spiro atoms. The third-order valence-electron chi connectivity index (χ3n) is 4.42. The van der Waals surface area contributed by atoms with E-state index in [2.05, 4.69) is 27.7 Å². The maximum Gasteiger partial charge on any atom is 0.325 e. The van der Waals surface area contributed by atoms with Gasteiger partial charge in [-0.2, -0.15) is 0 Å². The van der Waals surface area contributed by atoms with Crippen molar-refractivity contribution in [1.82, 2.24) is 15.5 Å². The number of amides is 4. The Morgan fingerprint density at radius 1 is 1.19 bits per heavy atom. The largest absolute Gasteiger partial charge is 0.375 e. The topological polar surface area (TPSA) is 81.8 Å². The highest BCUT2D eigenvalue weighted by Gasteiger charge is 2.43. The number of imide groups is 1. The van der Waals surface area contributed by atoms with Crippen molar-refractivity contribution in [2.75, 3.05) is 31.6 Å². The lowest BCUT2D eigenvalue weighted by Gasteiger charge is -2.19. The molecule has 7 nitrogen and oxygen atoms in total. The van der Waals surface area contributed by atoms with E-state index in [1.54, 1.807) is 13.8 Å². The van der Waals surface area contributed by atoms with Gasteiger partial charge in [-0.3, -0.25) is 14.5 Å². The SMILES string of the molecule is CN(CCCNC(=O)CCCN1C(=O)NC(C)(C)C1=O)c1ccccc1. The summed E-state index contributed by atoms with van der Waals surface area (Å²) in [6.07, 6.45) is 1.61. The molecule has 2 rings (SSSR count). The molecular weight excluding hydrogens is 332 g/mol. The molecule has 1 aromatic rings. The highest BCUT2D eigenvalue weighted by molar-refractivity contribution is 6.06. The lowest BCUT2D eigenvalue weighted by molar-refractivity contribution is -0.130. The summed E-state index contributed by atoms with van der Waals surface area (Å²) in [6.45, 7) is 5.06. The number of urea groups is 1. The molecule has 4 amide bonds. The summed E-state index contributed by atoms with van der Waals surface area (Å²) in [6, 6.07) is 9.70. The number of anilines is 1. The zero-order chi connectivity index (χ0) is 19.2. The van der Waals surface area contributed by atoms with Gasteiger partial charge in [-0.25, -0.2) is 4.79 Å². The van der Waals surface area contributed by atoms with Gasteiger partial charge in [0.25, 0.3) is 5.91 Å². The van der Waals surface area contributed by atoms with Crippen molar-refractivity contribution >= 4 is 23.5 Å². The molecule has 1 aliphatic rings.